The third-order valence-corrected chi connectivity index (χ3v) is 4.66. The Balaban J connectivity index is 1.53. The maximum Gasteiger partial charge on any atom is 0.315 e. The predicted octanol–water partition coefficient (Wildman–Crippen LogP) is 3.87. The average Bonchev–Trinajstić information content (AvgIpc) is 3.24. The van der Waals surface area contributed by atoms with Crippen molar-refractivity contribution in [2.75, 3.05) is 0 Å². The minimum Gasteiger partial charge on any atom is -0.334 e. The van der Waals surface area contributed by atoms with Crippen molar-refractivity contribution in [3.8, 4) is 11.3 Å². The van der Waals surface area contributed by atoms with Crippen molar-refractivity contribution in [1.29, 1.82) is 0 Å². The molecule has 0 atom stereocenters. The van der Waals surface area contributed by atoms with Crippen LogP contribution >= 0.6 is 22.7 Å². The molecule has 2 amide bonds. The van der Waals surface area contributed by atoms with Gasteiger partial charge in [0.25, 0.3) is 0 Å². The highest BCUT2D eigenvalue weighted by Crippen LogP contribution is 2.20. The molecule has 0 saturated heterocycles. The van der Waals surface area contributed by atoms with Crippen molar-refractivity contribution in [3.63, 3.8) is 0 Å². The molecular weight excluding hydrogens is 314 g/mol. The Morgan fingerprint density at radius 3 is 2.82 bits per heavy atom. The molecule has 0 fully saturated rings. The van der Waals surface area contributed by atoms with Crippen LogP contribution in [-0.2, 0) is 13.1 Å². The predicted molar refractivity (Wildman–Crippen MR) is 90.9 cm³/mol. The number of urea groups is 1. The van der Waals surface area contributed by atoms with Crippen LogP contribution in [0.4, 0.5) is 4.79 Å². The third-order valence-electron chi connectivity index (χ3n) is 3.10. The standard InChI is InChI=1S/C16H15N3OS2/c20-16(19-10-14-2-1-6-22-14)18-9-12-3-5-17-15(8-12)13-4-7-21-11-13/h1-8,11H,9-10H2,(H2,18,19,20). The molecule has 4 nitrogen and oxygen atoms in total. The number of nitrogens with one attached hydrogen (secondary N) is 2. The number of nitrogens with zero attached hydrogens (tertiary/aromatic N) is 1. The maximum absolute atomic E-state index is 11.8. The summed E-state index contributed by atoms with van der Waals surface area (Å²) in [5, 5.41) is 11.8. The van der Waals surface area contributed by atoms with Crippen molar-refractivity contribution in [2.45, 2.75) is 13.1 Å². The molecule has 2 N–H and O–H groups in total. The lowest BCUT2D eigenvalue weighted by atomic mass is 10.1. The number of hydrogen-bond donors (Lipinski definition) is 2. The van der Waals surface area contributed by atoms with Gasteiger partial charge >= 0.3 is 6.03 Å². The fourth-order valence-electron chi connectivity index (χ4n) is 1.98. The molecule has 0 aliphatic rings. The molecule has 0 aromatic carbocycles. The first-order valence-corrected chi connectivity index (χ1v) is 8.65. The zero-order valence-corrected chi connectivity index (χ0v) is 13.4. The maximum atomic E-state index is 11.8. The van der Waals surface area contributed by atoms with Crippen molar-refractivity contribution < 1.29 is 4.79 Å². The van der Waals surface area contributed by atoms with Gasteiger partial charge in [0.1, 0.15) is 0 Å². The van der Waals surface area contributed by atoms with Crippen molar-refractivity contribution >= 4 is 28.7 Å². The molecule has 3 rings (SSSR count). The van der Waals surface area contributed by atoms with Crippen LogP contribution in [0.5, 0.6) is 0 Å². The molecule has 6 heteroatoms. The lowest BCUT2D eigenvalue weighted by molar-refractivity contribution is 0.240. The summed E-state index contributed by atoms with van der Waals surface area (Å²) in [5.41, 5.74) is 3.07. The molecule has 0 saturated carbocycles. The fraction of sp³-hybridized carbons (Fsp3) is 0.125. The van der Waals surface area contributed by atoms with Crippen LogP contribution < -0.4 is 10.6 Å². The number of rotatable bonds is 5. The van der Waals surface area contributed by atoms with Crippen LogP contribution in [0, 0.1) is 0 Å². The summed E-state index contributed by atoms with van der Waals surface area (Å²) in [4.78, 5) is 17.3. The summed E-state index contributed by atoms with van der Waals surface area (Å²) >= 11 is 3.28. The van der Waals surface area contributed by atoms with Gasteiger partial charge < -0.3 is 10.6 Å². The topological polar surface area (TPSA) is 54.0 Å². The molecule has 3 aromatic rings. The molecule has 3 aromatic heterocycles. The van der Waals surface area contributed by atoms with E-state index in [1.165, 1.54) is 0 Å². The van der Waals surface area contributed by atoms with Crippen molar-refractivity contribution in [3.05, 3.63) is 63.1 Å². The molecule has 22 heavy (non-hydrogen) atoms. The molecule has 0 aliphatic heterocycles. The van der Waals surface area contributed by atoms with Crippen LogP contribution in [0.2, 0.25) is 0 Å². The molecular formula is C16H15N3OS2. The summed E-state index contributed by atoms with van der Waals surface area (Å²) in [6.07, 6.45) is 1.77. The van der Waals surface area contributed by atoms with E-state index in [0.717, 1.165) is 21.7 Å². The first kappa shape index (κ1) is 14.7. The summed E-state index contributed by atoms with van der Waals surface area (Å²) in [6, 6.07) is 9.76. The number of amides is 2. The van der Waals surface area contributed by atoms with E-state index in [0.29, 0.717) is 13.1 Å². The van der Waals surface area contributed by atoms with E-state index in [4.69, 9.17) is 0 Å². The Morgan fingerprint density at radius 1 is 1.14 bits per heavy atom. The Hall–Kier alpha value is -2.18. The van der Waals surface area contributed by atoms with E-state index < -0.39 is 0 Å². The summed E-state index contributed by atoms with van der Waals surface area (Å²) < 4.78 is 0. The minimum absolute atomic E-state index is 0.165. The van der Waals surface area contributed by atoms with Gasteiger partial charge in [0.05, 0.1) is 12.2 Å². The summed E-state index contributed by atoms with van der Waals surface area (Å²) in [6.45, 7) is 1.04. The number of thiophene rings is 2. The number of carbonyl (C=O) groups is 1. The zero-order valence-electron chi connectivity index (χ0n) is 11.8. The number of hydrogen-bond acceptors (Lipinski definition) is 4. The summed E-state index contributed by atoms with van der Waals surface area (Å²) in [5.74, 6) is 0. The van der Waals surface area contributed by atoms with E-state index in [-0.39, 0.29) is 6.03 Å². The van der Waals surface area contributed by atoms with Gasteiger partial charge in [-0.05, 0) is 40.6 Å². The second-order valence-electron chi connectivity index (χ2n) is 4.68. The normalized spacial score (nSPS) is 10.4. The van der Waals surface area contributed by atoms with Gasteiger partial charge in [-0.3, -0.25) is 4.98 Å². The van der Waals surface area contributed by atoms with Gasteiger partial charge in [-0.15, -0.1) is 11.3 Å². The first-order chi connectivity index (χ1) is 10.8. The Morgan fingerprint density at radius 2 is 2.05 bits per heavy atom. The van der Waals surface area contributed by atoms with Crippen LogP contribution in [0.15, 0.2) is 52.7 Å². The van der Waals surface area contributed by atoms with Crippen LogP contribution in [0.3, 0.4) is 0 Å². The fourth-order valence-corrected chi connectivity index (χ4v) is 3.27. The highest BCUT2D eigenvalue weighted by atomic mass is 32.1. The van der Waals surface area contributed by atoms with E-state index in [2.05, 4.69) is 21.0 Å². The largest absolute Gasteiger partial charge is 0.334 e. The quantitative estimate of drug-likeness (QED) is 0.746. The first-order valence-electron chi connectivity index (χ1n) is 6.83. The second kappa shape index (κ2) is 7.20. The molecule has 3 heterocycles. The zero-order chi connectivity index (χ0) is 15.2. The SMILES string of the molecule is O=C(NCc1ccnc(-c2ccsc2)c1)NCc1cccs1. The van der Waals surface area contributed by atoms with Gasteiger partial charge in [-0.25, -0.2) is 4.79 Å². The summed E-state index contributed by atoms with van der Waals surface area (Å²) in [7, 11) is 0. The van der Waals surface area contributed by atoms with E-state index in [9.17, 15) is 4.79 Å². The van der Waals surface area contributed by atoms with Gasteiger partial charge in [0.15, 0.2) is 0 Å². The van der Waals surface area contributed by atoms with Gasteiger partial charge in [0, 0.05) is 28.6 Å². The van der Waals surface area contributed by atoms with Gasteiger partial charge in [-0.2, -0.15) is 11.3 Å². The lowest BCUT2D eigenvalue weighted by Gasteiger charge is -2.07. The molecule has 0 spiro atoms. The third kappa shape index (κ3) is 3.93. The highest BCUT2D eigenvalue weighted by molar-refractivity contribution is 7.09. The minimum atomic E-state index is -0.165. The van der Waals surface area contributed by atoms with Gasteiger partial charge in [0.2, 0.25) is 0 Å². The molecule has 0 bridgehead atoms. The van der Waals surface area contributed by atoms with E-state index in [1.807, 2.05) is 41.1 Å². The van der Waals surface area contributed by atoms with Crippen LogP contribution in [0.1, 0.15) is 10.4 Å². The molecule has 0 unspecified atom stereocenters. The van der Waals surface area contributed by atoms with Crippen LogP contribution in [-0.4, -0.2) is 11.0 Å². The highest BCUT2D eigenvalue weighted by Gasteiger charge is 2.04. The van der Waals surface area contributed by atoms with Crippen molar-refractivity contribution in [1.82, 2.24) is 15.6 Å². The Labute approximate surface area is 136 Å². The van der Waals surface area contributed by atoms with Crippen molar-refractivity contribution in [2.24, 2.45) is 0 Å². The average molecular weight is 329 g/mol. The molecule has 0 radical (unpaired) electrons. The van der Waals surface area contributed by atoms with Crippen LogP contribution in [0.25, 0.3) is 11.3 Å². The Kier molecular flexibility index (Phi) is 4.82. The number of carbonyl (C=O) groups excluding carboxylic acids is 1. The number of aromatic nitrogens is 1. The smallest absolute Gasteiger partial charge is 0.315 e. The van der Waals surface area contributed by atoms with E-state index >= 15 is 0 Å². The lowest BCUT2D eigenvalue weighted by Crippen LogP contribution is -2.34. The number of pyridine rings is 1. The second-order valence-corrected chi connectivity index (χ2v) is 6.49. The molecule has 112 valence electrons. The monoisotopic (exact) mass is 329 g/mol. The Bertz CT molecular complexity index is 724. The van der Waals surface area contributed by atoms with E-state index in [1.54, 1.807) is 28.9 Å². The van der Waals surface area contributed by atoms with Gasteiger partial charge in [-0.1, -0.05) is 6.07 Å². The molecule has 0 aliphatic carbocycles.